The van der Waals surface area contributed by atoms with Crippen molar-refractivity contribution in [3.05, 3.63) is 35.9 Å². The summed E-state index contributed by atoms with van der Waals surface area (Å²) in [7, 11) is 0. The Balaban J connectivity index is 2.08. The average Bonchev–Trinajstić information content (AvgIpc) is 3.04. The molecule has 0 spiro atoms. The van der Waals surface area contributed by atoms with E-state index in [2.05, 4.69) is 10.6 Å². The van der Waals surface area contributed by atoms with Crippen LogP contribution in [-0.4, -0.2) is 53.8 Å². The highest BCUT2D eigenvalue weighted by Crippen LogP contribution is 2.22. The molecule has 1 saturated heterocycles. The number of amides is 3. The summed E-state index contributed by atoms with van der Waals surface area (Å²) in [4.78, 5) is 38.9. The number of nitrogens with zero attached hydrogens (tertiary/aromatic N) is 1. The van der Waals surface area contributed by atoms with Gasteiger partial charge in [-0.15, -0.1) is 0 Å². The Morgan fingerprint density at radius 1 is 1.22 bits per heavy atom. The van der Waals surface area contributed by atoms with Crippen LogP contribution in [0.25, 0.3) is 0 Å². The van der Waals surface area contributed by atoms with Gasteiger partial charge in [-0.2, -0.15) is 0 Å². The fraction of sp³-hybridized carbons (Fsp3) is 0.550. The number of carbonyl (C=O) groups excluding carboxylic acids is 3. The molecule has 1 aliphatic rings. The molecule has 3 unspecified atom stereocenters. The third-order valence-electron chi connectivity index (χ3n) is 5.13. The summed E-state index contributed by atoms with van der Waals surface area (Å²) < 4.78 is 0. The van der Waals surface area contributed by atoms with Crippen LogP contribution in [0, 0.1) is 5.41 Å². The zero-order valence-electron chi connectivity index (χ0n) is 16.5. The highest BCUT2D eigenvalue weighted by molar-refractivity contribution is 5.95. The molecule has 0 aliphatic carbocycles. The van der Waals surface area contributed by atoms with Crippen molar-refractivity contribution in [2.75, 3.05) is 13.1 Å². The molecule has 3 atom stereocenters. The highest BCUT2D eigenvalue weighted by Gasteiger charge is 2.40. The van der Waals surface area contributed by atoms with E-state index in [4.69, 9.17) is 5.73 Å². The first-order valence-corrected chi connectivity index (χ1v) is 9.29. The minimum Gasteiger partial charge on any atom is -0.351 e. The standard InChI is InChI=1S/C20H30N4O3/c1-13(20(2,3)4)22-19(27)16-10-15(12-24(16)17(25)11-21)23-18(26)14-8-6-5-7-9-14/h5-9,13,15-16H,10-12,21H2,1-4H3,(H,22,27)(H,23,26). The van der Waals surface area contributed by atoms with E-state index in [0.29, 0.717) is 12.0 Å². The number of hydrogen-bond acceptors (Lipinski definition) is 4. The minimum atomic E-state index is -0.632. The van der Waals surface area contributed by atoms with Crippen molar-refractivity contribution in [2.45, 2.75) is 52.2 Å². The molecule has 2 rings (SSSR count). The van der Waals surface area contributed by atoms with Gasteiger partial charge < -0.3 is 21.3 Å². The Morgan fingerprint density at radius 3 is 2.41 bits per heavy atom. The zero-order chi connectivity index (χ0) is 20.2. The van der Waals surface area contributed by atoms with E-state index >= 15 is 0 Å². The molecular formula is C20H30N4O3. The predicted molar refractivity (Wildman–Crippen MR) is 104 cm³/mol. The molecule has 7 nitrogen and oxygen atoms in total. The van der Waals surface area contributed by atoms with Crippen molar-refractivity contribution in [2.24, 2.45) is 11.1 Å². The largest absolute Gasteiger partial charge is 0.351 e. The second kappa shape index (κ2) is 8.52. The van der Waals surface area contributed by atoms with E-state index in [-0.39, 0.29) is 48.3 Å². The summed E-state index contributed by atoms with van der Waals surface area (Å²) in [6, 6.07) is 7.88. The molecule has 1 aromatic carbocycles. The van der Waals surface area contributed by atoms with Gasteiger partial charge >= 0.3 is 0 Å². The second-order valence-electron chi connectivity index (χ2n) is 8.13. The lowest BCUT2D eigenvalue weighted by Gasteiger charge is -2.31. The van der Waals surface area contributed by atoms with Crippen LogP contribution < -0.4 is 16.4 Å². The molecule has 0 bridgehead atoms. The molecule has 0 aromatic heterocycles. The predicted octanol–water partition coefficient (Wildman–Crippen LogP) is 0.895. The lowest BCUT2D eigenvalue weighted by atomic mass is 9.88. The van der Waals surface area contributed by atoms with Crippen LogP contribution in [-0.2, 0) is 9.59 Å². The Morgan fingerprint density at radius 2 is 1.85 bits per heavy atom. The zero-order valence-corrected chi connectivity index (χ0v) is 16.5. The lowest BCUT2D eigenvalue weighted by molar-refractivity contribution is -0.138. The van der Waals surface area contributed by atoms with Crippen LogP contribution in [0.3, 0.4) is 0 Å². The quantitative estimate of drug-likeness (QED) is 0.712. The first-order chi connectivity index (χ1) is 12.6. The summed E-state index contributed by atoms with van der Waals surface area (Å²) in [6.45, 7) is 8.17. The Kier molecular flexibility index (Phi) is 6.59. The maximum Gasteiger partial charge on any atom is 0.251 e. The van der Waals surface area contributed by atoms with Crippen LogP contribution in [0.4, 0.5) is 0 Å². The summed E-state index contributed by atoms with van der Waals surface area (Å²) in [6.07, 6.45) is 0.368. The normalized spacial score (nSPS) is 20.9. The van der Waals surface area contributed by atoms with Crippen molar-refractivity contribution in [1.82, 2.24) is 15.5 Å². The maximum atomic E-state index is 12.8. The third-order valence-corrected chi connectivity index (χ3v) is 5.13. The van der Waals surface area contributed by atoms with Gasteiger partial charge in [-0.25, -0.2) is 0 Å². The number of hydrogen-bond donors (Lipinski definition) is 3. The van der Waals surface area contributed by atoms with Crippen LogP contribution in [0.15, 0.2) is 30.3 Å². The van der Waals surface area contributed by atoms with Gasteiger partial charge in [-0.05, 0) is 30.9 Å². The third kappa shape index (κ3) is 5.29. The highest BCUT2D eigenvalue weighted by atomic mass is 16.2. The van der Waals surface area contributed by atoms with Crippen LogP contribution >= 0.6 is 0 Å². The second-order valence-corrected chi connectivity index (χ2v) is 8.13. The van der Waals surface area contributed by atoms with Crippen LogP contribution in [0.2, 0.25) is 0 Å². The Bertz CT molecular complexity index is 684. The van der Waals surface area contributed by atoms with E-state index < -0.39 is 6.04 Å². The molecule has 148 valence electrons. The van der Waals surface area contributed by atoms with Crippen molar-refractivity contribution >= 4 is 17.7 Å². The van der Waals surface area contributed by atoms with Gasteiger partial charge in [0.15, 0.2) is 0 Å². The van der Waals surface area contributed by atoms with Gasteiger partial charge in [-0.3, -0.25) is 14.4 Å². The van der Waals surface area contributed by atoms with Crippen molar-refractivity contribution < 1.29 is 14.4 Å². The smallest absolute Gasteiger partial charge is 0.251 e. The maximum absolute atomic E-state index is 12.8. The molecule has 1 heterocycles. The van der Waals surface area contributed by atoms with E-state index in [1.807, 2.05) is 33.8 Å². The molecule has 1 aliphatic heterocycles. The number of nitrogens with two attached hydrogens (primary N) is 1. The van der Waals surface area contributed by atoms with Gasteiger partial charge in [0, 0.05) is 24.2 Å². The fourth-order valence-electron chi connectivity index (χ4n) is 2.97. The average molecular weight is 374 g/mol. The minimum absolute atomic E-state index is 0.0576. The number of nitrogens with one attached hydrogen (secondary N) is 2. The van der Waals surface area contributed by atoms with Gasteiger partial charge in [-0.1, -0.05) is 39.0 Å². The molecule has 27 heavy (non-hydrogen) atoms. The van der Waals surface area contributed by atoms with Crippen LogP contribution in [0.5, 0.6) is 0 Å². The first-order valence-electron chi connectivity index (χ1n) is 9.29. The van der Waals surface area contributed by atoms with Gasteiger partial charge in [0.1, 0.15) is 6.04 Å². The summed E-state index contributed by atoms with van der Waals surface area (Å²) >= 11 is 0. The molecule has 0 radical (unpaired) electrons. The van der Waals surface area contributed by atoms with Crippen molar-refractivity contribution in [3.63, 3.8) is 0 Å². The first kappa shape index (κ1) is 20.9. The van der Waals surface area contributed by atoms with Crippen LogP contribution in [0.1, 0.15) is 44.5 Å². The Hall–Kier alpha value is -2.41. The SMILES string of the molecule is CC(NC(=O)C1CC(NC(=O)c2ccccc2)CN1C(=O)CN)C(C)(C)C. The molecular weight excluding hydrogens is 344 g/mol. The van der Waals surface area contributed by atoms with Crippen molar-refractivity contribution in [1.29, 1.82) is 0 Å². The van der Waals surface area contributed by atoms with E-state index in [9.17, 15) is 14.4 Å². The summed E-state index contributed by atoms with van der Waals surface area (Å²) in [5.41, 5.74) is 5.96. The van der Waals surface area contributed by atoms with E-state index in [1.54, 1.807) is 24.3 Å². The molecule has 7 heteroatoms. The number of likely N-dealkylation sites (tertiary alicyclic amines) is 1. The molecule has 4 N–H and O–H groups in total. The fourth-order valence-corrected chi connectivity index (χ4v) is 2.97. The number of benzene rings is 1. The Labute approximate surface area is 160 Å². The lowest BCUT2D eigenvalue weighted by Crippen LogP contribution is -2.52. The topological polar surface area (TPSA) is 105 Å². The molecule has 1 aromatic rings. The molecule has 3 amide bonds. The number of rotatable bonds is 5. The van der Waals surface area contributed by atoms with Gasteiger partial charge in [0.05, 0.1) is 6.54 Å². The number of carbonyl (C=O) groups is 3. The van der Waals surface area contributed by atoms with Gasteiger partial charge in [0.2, 0.25) is 11.8 Å². The van der Waals surface area contributed by atoms with Crippen molar-refractivity contribution in [3.8, 4) is 0 Å². The van der Waals surface area contributed by atoms with Gasteiger partial charge in [0.25, 0.3) is 5.91 Å². The summed E-state index contributed by atoms with van der Waals surface area (Å²) in [5.74, 6) is -0.726. The van der Waals surface area contributed by atoms with E-state index in [1.165, 1.54) is 4.90 Å². The van der Waals surface area contributed by atoms with E-state index in [0.717, 1.165) is 0 Å². The molecule has 0 saturated carbocycles. The summed E-state index contributed by atoms with van der Waals surface area (Å²) in [5, 5.41) is 5.91. The monoisotopic (exact) mass is 374 g/mol. The molecule has 1 fully saturated rings.